The fraction of sp³-hybridized carbons (Fsp3) is 0.231. The minimum absolute atomic E-state index is 0.549. The van der Waals surface area contributed by atoms with E-state index >= 15 is 0 Å². The zero-order valence-electron chi connectivity index (χ0n) is 8.12. The maximum Gasteiger partial charge on any atom is -0.00752 e. The molecule has 0 aliphatic heterocycles. The molecule has 0 bridgehead atoms. The maximum absolute atomic E-state index is 2.24. The van der Waals surface area contributed by atoms with Gasteiger partial charge in [0.1, 0.15) is 0 Å². The van der Waals surface area contributed by atoms with Crippen molar-refractivity contribution in [3.05, 3.63) is 47.0 Å². The lowest BCUT2D eigenvalue weighted by atomic mass is 10.0. The summed E-state index contributed by atoms with van der Waals surface area (Å²) in [6.07, 6.45) is 8.89. The molecule has 0 amide bonds. The Bertz CT molecular complexity index is 370. The lowest BCUT2D eigenvalue weighted by Gasteiger charge is -2.00. The molecule has 0 spiro atoms. The molecular formula is C13H14. The van der Waals surface area contributed by atoms with E-state index in [0.29, 0.717) is 5.92 Å². The summed E-state index contributed by atoms with van der Waals surface area (Å²) < 4.78 is 0. The van der Waals surface area contributed by atoms with Crippen molar-refractivity contribution < 1.29 is 0 Å². The lowest BCUT2D eigenvalue weighted by Crippen LogP contribution is -1.80. The van der Waals surface area contributed by atoms with Crippen LogP contribution in [0.2, 0.25) is 0 Å². The normalized spacial score (nSPS) is 19.7. The zero-order chi connectivity index (χ0) is 9.26. The Morgan fingerprint density at radius 2 is 1.69 bits per heavy atom. The Morgan fingerprint density at radius 3 is 2.46 bits per heavy atom. The van der Waals surface area contributed by atoms with Crippen molar-refractivity contribution in [2.45, 2.75) is 13.8 Å². The van der Waals surface area contributed by atoms with Gasteiger partial charge in [-0.05, 0) is 24.0 Å². The Balaban J connectivity index is 2.53. The highest BCUT2D eigenvalue weighted by Crippen LogP contribution is 2.20. The molecular weight excluding hydrogens is 156 g/mol. The number of allylic oxidation sites excluding steroid dienone is 2. The second kappa shape index (κ2) is 3.21. The highest BCUT2D eigenvalue weighted by molar-refractivity contribution is 5.68. The molecule has 66 valence electrons. The van der Waals surface area contributed by atoms with Crippen LogP contribution in [0.4, 0.5) is 0 Å². The van der Waals surface area contributed by atoms with Gasteiger partial charge in [-0.2, -0.15) is 0 Å². The van der Waals surface area contributed by atoms with Gasteiger partial charge in [-0.25, -0.2) is 0 Å². The lowest BCUT2D eigenvalue weighted by molar-refractivity contribution is 0.954. The van der Waals surface area contributed by atoms with Crippen LogP contribution in [-0.2, 0) is 0 Å². The van der Waals surface area contributed by atoms with Crippen molar-refractivity contribution in [1.82, 2.24) is 0 Å². The van der Waals surface area contributed by atoms with Crippen LogP contribution in [0, 0.1) is 12.8 Å². The molecule has 0 saturated carbocycles. The number of hydrogen-bond donors (Lipinski definition) is 0. The summed E-state index contributed by atoms with van der Waals surface area (Å²) in [4.78, 5) is 0. The van der Waals surface area contributed by atoms with E-state index in [1.807, 2.05) is 0 Å². The van der Waals surface area contributed by atoms with Gasteiger partial charge >= 0.3 is 0 Å². The van der Waals surface area contributed by atoms with Crippen LogP contribution in [0.1, 0.15) is 23.6 Å². The van der Waals surface area contributed by atoms with Crippen LogP contribution in [0.25, 0.3) is 12.2 Å². The molecule has 0 radical (unpaired) electrons. The van der Waals surface area contributed by atoms with Crippen LogP contribution in [0.15, 0.2) is 30.4 Å². The molecule has 0 aromatic heterocycles. The Morgan fingerprint density at radius 1 is 1.00 bits per heavy atom. The van der Waals surface area contributed by atoms with Crippen molar-refractivity contribution in [3.63, 3.8) is 0 Å². The molecule has 1 aromatic carbocycles. The summed E-state index contributed by atoms with van der Waals surface area (Å²) in [6.45, 7) is 4.33. The average Bonchev–Trinajstić information content (AvgIpc) is 2.29. The Hall–Kier alpha value is -1.30. The Kier molecular flexibility index (Phi) is 2.05. The topological polar surface area (TPSA) is 0 Å². The highest BCUT2D eigenvalue weighted by atomic mass is 14.1. The number of aryl methyl sites for hydroxylation is 1. The molecule has 0 heteroatoms. The van der Waals surface area contributed by atoms with Crippen molar-refractivity contribution in [1.29, 1.82) is 0 Å². The molecule has 0 saturated heterocycles. The summed E-state index contributed by atoms with van der Waals surface area (Å²) in [5, 5.41) is 0. The van der Waals surface area contributed by atoms with Gasteiger partial charge in [-0.15, -0.1) is 0 Å². The van der Waals surface area contributed by atoms with E-state index in [-0.39, 0.29) is 0 Å². The first kappa shape index (κ1) is 8.31. The molecule has 0 nitrogen and oxygen atoms in total. The first-order chi connectivity index (χ1) is 6.25. The van der Waals surface area contributed by atoms with Gasteiger partial charge in [0.15, 0.2) is 0 Å². The SMILES string of the molecule is Cc1ccc2c(c1)C=CC(C)C=C2. The average molecular weight is 170 g/mol. The first-order valence-corrected chi connectivity index (χ1v) is 4.73. The molecule has 2 rings (SSSR count). The highest BCUT2D eigenvalue weighted by Gasteiger charge is 2.01. The third kappa shape index (κ3) is 1.72. The fourth-order valence-corrected chi connectivity index (χ4v) is 1.57. The van der Waals surface area contributed by atoms with E-state index in [1.165, 1.54) is 16.7 Å². The number of rotatable bonds is 0. The van der Waals surface area contributed by atoms with Crippen molar-refractivity contribution in [3.8, 4) is 0 Å². The second-order valence-electron chi connectivity index (χ2n) is 3.71. The van der Waals surface area contributed by atoms with E-state index in [2.05, 4.69) is 56.4 Å². The number of fused-ring (bicyclic) bond motifs is 1. The molecule has 1 atom stereocenters. The predicted molar refractivity (Wildman–Crippen MR) is 58.4 cm³/mol. The van der Waals surface area contributed by atoms with E-state index in [1.54, 1.807) is 0 Å². The molecule has 1 aliphatic carbocycles. The minimum atomic E-state index is 0.549. The first-order valence-electron chi connectivity index (χ1n) is 4.73. The number of hydrogen-bond acceptors (Lipinski definition) is 0. The van der Waals surface area contributed by atoms with Crippen LogP contribution in [0.3, 0.4) is 0 Å². The van der Waals surface area contributed by atoms with Crippen molar-refractivity contribution in [2.24, 2.45) is 5.92 Å². The second-order valence-corrected chi connectivity index (χ2v) is 3.71. The molecule has 0 heterocycles. The Labute approximate surface area is 79.6 Å². The van der Waals surface area contributed by atoms with Gasteiger partial charge in [-0.1, -0.05) is 55.0 Å². The molecule has 13 heavy (non-hydrogen) atoms. The van der Waals surface area contributed by atoms with Crippen molar-refractivity contribution >= 4 is 12.2 Å². The van der Waals surface area contributed by atoms with Gasteiger partial charge in [0.05, 0.1) is 0 Å². The van der Waals surface area contributed by atoms with Crippen LogP contribution < -0.4 is 0 Å². The molecule has 0 fully saturated rings. The van der Waals surface area contributed by atoms with Crippen molar-refractivity contribution in [2.75, 3.05) is 0 Å². The van der Waals surface area contributed by atoms with Gasteiger partial charge in [-0.3, -0.25) is 0 Å². The quantitative estimate of drug-likeness (QED) is 0.557. The van der Waals surface area contributed by atoms with E-state index in [9.17, 15) is 0 Å². The summed E-state index contributed by atoms with van der Waals surface area (Å²) >= 11 is 0. The van der Waals surface area contributed by atoms with Crippen LogP contribution in [0.5, 0.6) is 0 Å². The predicted octanol–water partition coefficient (Wildman–Crippen LogP) is 3.67. The zero-order valence-corrected chi connectivity index (χ0v) is 8.12. The van der Waals surface area contributed by atoms with Gasteiger partial charge in [0.25, 0.3) is 0 Å². The summed E-state index contributed by atoms with van der Waals surface area (Å²) in [5.41, 5.74) is 3.98. The standard InChI is InChI=1S/C13H14/c1-10-3-6-12-7-5-11(2)9-13(12)8-4-10/h3-10H,1-2H3. The van der Waals surface area contributed by atoms with Crippen LogP contribution in [-0.4, -0.2) is 0 Å². The summed E-state index contributed by atoms with van der Waals surface area (Å²) in [5.74, 6) is 0.549. The molecule has 0 N–H and O–H groups in total. The van der Waals surface area contributed by atoms with Gasteiger partial charge in [0.2, 0.25) is 0 Å². The summed E-state index contributed by atoms with van der Waals surface area (Å²) in [6, 6.07) is 6.57. The third-order valence-electron chi connectivity index (χ3n) is 2.40. The van der Waals surface area contributed by atoms with E-state index in [4.69, 9.17) is 0 Å². The smallest absolute Gasteiger partial charge is 0.00752 e. The largest absolute Gasteiger partial charge is 0.0773 e. The summed E-state index contributed by atoms with van der Waals surface area (Å²) in [7, 11) is 0. The fourth-order valence-electron chi connectivity index (χ4n) is 1.57. The number of benzene rings is 1. The molecule has 1 unspecified atom stereocenters. The van der Waals surface area contributed by atoms with Gasteiger partial charge < -0.3 is 0 Å². The van der Waals surface area contributed by atoms with Gasteiger partial charge in [0, 0.05) is 0 Å². The molecule has 1 aliphatic rings. The van der Waals surface area contributed by atoms with E-state index in [0.717, 1.165) is 0 Å². The minimum Gasteiger partial charge on any atom is -0.0773 e. The third-order valence-corrected chi connectivity index (χ3v) is 2.40. The molecule has 1 aromatic rings. The van der Waals surface area contributed by atoms with Crippen LogP contribution >= 0.6 is 0 Å². The van der Waals surface area contributed by atoms with E-state index < -0.39 is 0 Å². The maximum atomic E-state index is 2.24. The monoisotopic (exact) mass is 170 g/mol.